The fraction of sp³-hybridized carbons (Fsp3) is 0.143. The minimum Gasteiger partial charge on any atom is -0.514 e. The van der Waals surface area contributed by atoms with Gasteiger partial charge in [0.1, 0.15) is 29.8 Å². The molecule has 0 bridgehead atoms. The van der Waals surface area contributed by atoms with Crippen molar-refractivity contribution in [2.45, 2.75) is 13.1 Å². The van der Waals surface area contributed by atoms with Crippen LogP contribution in [-0.4, -0.2) is 32.0 Å². The summed E-state index contributed by atoms with van der Waals surface area (Å²) in [7, 11) is -2.96. The summed E-state index contributed by atoms with van der Waals surface area (Å²) in [5.74, 6) is 3.18. The highest BCUT2D eigenvalue weighted by Crippen LogP contribution is 2.21. The van der Waals surface area contributed by atoms with Crippen LogP contribution in [-0.2, 0) is 9.16 Å². The van der Waals surface area contributed by atoms with Gasteiger partial charge < -0.3 is 26.9 Å². The van der Waals surface area contributed by atoms with E-state index in [-0.39, 0.29) is 6.79 Å². The number of rotatable bonds is 11. The first kappa shape index (κ1) is 27.0. The van der Waals surface area contributed by atoms with Gasteiger partial charge in [0.05, 0.1) is 0 Å². The average molecular weight is 521 g/mol. The van der Waals surface area contributed by atoms with Crippen LogP contribution in [0.3, 0.4) is 0 Å². The van der Waals surface area contributed by atoms with Gasteiger partial charge >= 0.3 is 18.1 Å². The molecule has 0 saturated heterocycles. The van der Waals surface area contributed by atoms with Gasteiger partial charge in [-0.3, -0.25) is 0 Å². The number of benzene rings is 4. The van der Waals surface area contributed by atoms with Gasteiger partial charge in [-0.25, -0.2) is 0 Å². The molecule has 0 aromatic heterocycles. The lowest BCUT2D eigenvalue weighted by atomic mass is 10.3. The van der Waals surface area contributed by atoms with Crippen LogP contribution >= 0.6 is 0 Å². The van der Waals surface area contributed by atoms with Crippen LogP contribution in [0.4, 0.5) is 0 Å². The first-order chi connectivity index (χ1) is 17.6. The summed E-state index contributed by atoms with van der Waals surface area (Å²) in [6, 6.07) is 38.5. The third kappa shape index (κ3) is 9.97. The Balaban J connectivity index is 0.000000205. The summed E-state index contributed by atoms with van der Waals surface area (Å²) in [5.41, 5.74) is 0. The van der Waals surface area contributed by atoms with Gasteiger partial charge in [-0.15, -0.1) is 0 Å². The Morgan fingerprint density at radius 3 is 1.22 bits per heavy atom. The van der Waals surface area contributed by atoms with Crippen molar-refractivity contribution < 1.29 is 26.9 Å². The van der Waals surface area contributed by atoms with Crippen LogP contribution in [0.15, 0.2) is 121 Å². The lowest BCUT2D eigenvalue weighted by Gasteiger charge is -2.26. The lowest BCUT2D eigenvalue weighted by Crippen LogP contribution is -2.49. The fourth-order valence-electron chi connectivity index (χ4n) is 3.06. The Morgan fingerprint density at radius 2 is 0.889 bits per heavy atom. The highest BCUT2D eigenvalue weighted by Gasteiger charge is 2.40. The van der Waals surface area contributed by atoms with Gasteiger partial charge in [-0.05, 0) is 55.1 Å². The minimum atomic E-state index is -2.88. The standard InChI is InChI=1S/C15H18O4Si.C13H14O2Si/c1-16-13-17-20(2,18-14-9-5-3-6-10-14)19-15-11-7-4-8-12-15;1-16(14-12-8-4-2-5-9-12)15-13-10-6-3-7-11-13/h3-12H,13H2,1-2H3;2-11,16H,1H3. The van der Waals surface area contributed by atoms with E-state index in [2.05, 4.69) is 0 Å². The predicted molar refractivity (Wildman–Crippen MR) is 146 cm³/mol. The van der Waals surface area contributed by atoms with Crippen molar-refractivity contribution in [1.82, 2.24) is 0 Å². The Hall–Kier alpha value is -3.57. The Morgan fingerprint density at radius 1 is 0.556 bits per heavy atom. The summed E-state index contributed by atoms with van der Waals surface area (Å²) in [6.45, 7) is 3.98. The van der Waals surface area contributed by atoms with Gasteiger partial charge in [0, 0.05) is 13.7 Å². The first-order valence-corrected chi connectivity index (χ1v) is 15.9. The van der Waals surface area contributed by atoms with E-state index in [0.29, 0.717) is 11.5 Å². The SMILES string of the molecule is COCO[Si](C)(Oc1ccccc1)Oc1ccccc1.C[SiH](Oc1ccccc1)Oc1ccccc1. The van der Waals surface area contributed by atoms with Crippen LogP contribution in [0.1, 0.15) is 0 Å². The van der Waals surface area contributed by atoms with Gasteiger partial charge in [0.15, 0.2) is 0 Å². The molecule has 0 spiro atoms. The first-order valence-electron chi connectivity index (χ1n) is 11.6. The maximum atomic E-state index is 5.92. The molecule has 6 nitrogen and oxygen atoms in total. The molecular weight excluding hydrogens is 488 g/mol. The van der Waals surface area contributed by atoms with E-state index in [1.807, 2.05) is 134 Å². The molecule has 188 valence electrons. The number of hydrogen-bond donors (Lipinski definition) is 0. The summed E-state index contributed by atoms with van der Waals surface area (Å²) in [6.07, 6.45) is 0. The maximum absolute atomic E-state index is 5.92. The molecule has 0 aliphatic rings. The van der Waals surface area contributed by atoms with Crippen molar-refractivity contribution in [3.05, 3.63) is 121 Å². The van der Waals surface area contributed by atoms with Crippen LogP contribution in [0.25, 0.3) is 0 Å². The molecule has 0 aliphatic carbocycles. The topological polar surface area (TPSA) is 55.4 Å². The van der Waals surface area contributed by atoms with E-state index in [1.54, 1.807) is 7.11 Å². The number of ether oxygens (including phenoxy) is 1. The largest absolute Gasteiger partial charge is 0.630 e. The molecule has 0 N–H and O–H groups in total. The number of para-hydroxylation sites is 4. The maximum Gasteiger partial charge on any atom is 0.630 e. The zero-order chi connectivity index (χ0) is 25.5. The molecule has 0 fully saturated rings. The van der Waals surface area contributed by atoms with Crippen molar-refractivity contribution in [2.24, 2.45) is 0 Å². The molecule has 0 saturated carbocycles. The van der Waals surface area contributed by atoms with Gasteiger partial charge in [0.25, 0.3) is 0 Å². The molecule has 4 rings (SSSR count). The van der Waals surface area contributed by atoms with Gasteiger partial charge in [0.2, 0.25) is 0 Å². The smallest absolute Gasteiger partial charge is 0.514 e. The predicted octanol–water partition coefficient (Wildman–Crippen LogP) is 6.33. The monoisotopic (exact) mass is 520 g/mol. The Bertz CT molecular complexity index is 1020. The van der Waals surface area contributed by atoms with Gasteiger partial charge in [-0.2, -0.15) is 0 Å². The second kappa shape index (κ2) is 14.7. The molecule has 0 aliphatic heterocycles. The molecule has 4 aromatic carbocycles. The molecule has 0 radical (unpaired) electrons. The van der Waals surface area contributed by atoms with E-state index in [1.165, 1.54) is 0 Å². The van der Waals surface area contributed by atoms with E-state index in [9.17, 15) is 0 Å². The Labute approximate surface area is 216 Å². The zero-order valence-electron chi connectivity index (χ0n) is 20.8. The van der Waals surface area contributed by atoms with E-state index >= 15 is 0 Å². The third-order valence-corrected chi connectivity index (χ3v) is 7.69. The van der Waals surface area contributed by atoms with Crippen molar-refractivity contribution in [3.63, 3.8) is 0 Å². The highest BCUT2D eigenvalue weighted by molar-refractivity contribution is 6.60. The Kier molecular flexibility index (Phi) is 11.1. The summed E-state index contributed by atoms with van der Waals surface area (Å²) in [5, 5.41) is 0. The second-order valence-electron chi connectivity index (χ2n) is 7.67. The summed E-state index contributed by atoms with van der Waals surface area (Å²) >= 11 is 0. The fourth-order valence-corrected chi connectivity index (χ4v) is 5.81. The van der Waals surface area contributed by atoms with E-state index in [4.69, 9.17) is 26.9 Å². The molecule has 0 atom stereocenters. The second-order valence-corrected chi connectivity index (χ2v) is 11.7. The normalized spacial score (nSPS) is 10.7. The van der Waals surface area contributed by atoms with Gasteiger partial charge in [-0.1, -0.05) is 72.8 Å². The molecule has 8 heteroatoms. The van der Waals surface area contributed by atoms with Crippen molar-refractivity contribution in [3.8, 4) is 23.0 Å². The van der Waals surface area contributed by atoms with Crippen LogP contribution in [0, 0.1) is 0 Å². The third-order valence-electron chi connectivity index (χ3n) is 4.62. The van der Waals surface area contributed by atoms with Crippen molar-refractivity contribution in [2.75, 3.05) is 13.9 Å². The number of methoxy groups -OCH3 is 1. The summed E-state index contributed by atoms with van der Waals surface area (Å²) < 4.78 is 33.9. The molecule has 0 amide bonds. The number of hydrogen-bond acceptors (Lipinski definition) is 6. The average Bonchev–Trinajstić information content (AvgIpc) is 2.90. The summed E-state index contributed by atoms with van der Waals surface area (Å²) in [4.78, 5) is 0. The van der Waals surface area contributed by atoms with Crippen LogP contribution in [0.2, 0.25) is 13.1 Å². The van der Waals surface area contributed by atoms with Crippen molar-refractivity contribution in [1.29, 1.82) is 0 Å². The molecule has 36 heavy (non-hydrogen) atoms. The van der Waals surface area contributed by atoms with Crippen LogP contribution < -0.4 is 17.7 Å². The highest BCUT2D eigenvalue weighted by atomic mass is 28.4. The minimum absolute atomic E-state index is 0.127. The zero-order valence-corrected chi connectivity index (χ0v) is 22.9. The molecule has 0 unspecified atom stereocenters. The molecule has 0 heterocycles. The van der Waals surface area contributed by atoms with Crippen molar-refractivity contribution >= 4 is 18.1 Å². The lowest BCUT2D eigenvalue weighted by molar-refractivity contribution is 0.0122. The molecular formula is C28H32O6Si2. The quantitative estimate of drug-likeness (QED) is 0.170. The van der Waals surface area contributed by atoms with E-state index in [0.717, 1.165) is 11.5 Å². The molecule has 4 aromatic rings. The van der Waals surface area contributed by atoms with Crippen LogP contribution in [0.5, 0.6) is 23.0 Å². The van der Waals surface area contributed by atoms with E-state index < -0.39 is 18.1 Å².